The summed E-state index contributed by atoms with van der Waals surface area (Å²) in [7, 11) is 0. The van der Waals surface area contributed by atoms with Gasteiger partial charge in [-0.25, -0.2) is 0 Å². The number of hydrogen-bond donors (Lipinski definition) is 0. The molecule has 0 saturated heterocycles. The second kappa shape index (κ2) is 13.5. The van der Waals surface area contributed by atoms with Crippen LogP contribution in [0, 0.1) is 0 Å². The summed E-state index contributed by atoms with van der Waals surface area (Å²) in [5, 5.41) is 5.18. The molecule has 274 valence electrons. The molecule has 0 fully saturated rings. The van der Waals surface area contributed by atoms with Gasteiger partial charge < -0.3 is 9.80 Å². The van der Waals surface area contributed by atoms with Crippen molar-refractivity contribution in [3.05, 3.63) is 212 Å². The van der Waals surface area contributed by atoms with Crippen molar-refractivity contribution in [2.24, 2.45) is 0 Å². The van der Waals surface area contributed by atoms with Crippen LogP contribution < -0.4 is 9.80 Å². The van der Waals surface area contributed by atoms with Gasteiger partial charge in [-0.1, -0.05) is 140 Å². The van der Waals surface area contributed by atoms with Crippen molar-refractivity contribution in [2.75, 3.05) is 9.80 Å². The average Bonchev–Trinajstić information content (AvgIpc) is 3.97. The van der Waals surface area contributed by atoms with Gasteiger partial charge in [0.2, 0.25) is 0 Å². The number of allylic oxidation sites excluding steroid dienone is 2. The summed E-state index contributed by atoms with van der Waals surface area (Å²) in [5.41, 5.74) is 12.3. The predicted molar refractivity (Wildman–Crippen MR) is 251 cm³/mol. The molecule has 12 rings (SSSR count). The summed E-state index contributed by atoms with van der Waals surface area (Å²) < 4.78 is 5.20. The van der Waals surface area contributed by atoms with E-state index in [1.54, 1.807) is 0 Å². The molecule has 2 atom stereocenters. The quantitative estimate of drug-likeness (QED) is 0.166. The van der Waals surface area contributed by atoms with E-state index in [2.05, 4.69) is 216 Å². The number of fused-ring (bicyclic) bond motifs is 9. The zero-order valence-corrected chi connectivity index (χ0v) is 33.1. The first kappa shape index (κ1) is 33.4. The Morgan fingerprint density at radius 1 is 0.431 bits per heavy atom. The summed E-state index contributed by atoms with van der Waals surface area (Å²) >= 11 is 3.74. The van der Waals surface area contributed by atoms with E-state index in [1.165, 1.54) is 90.9 Å². The Bertz CT molecular complexity index is 3160. The van der Waals surface area contributed by atoms with E-state index in [0.717, 1.165) is 5.69 Å². The third kappa shape index (κ3) is 5.22. The minimum absolute atomic E-state index is 0.248. The van der Waals surface area contributed by atoms with E-state index in [-0.39, 0.29) is 6.04 Å². The van der Waals surface area contributed by atoms with Crippen LogP contribution in [0.1, 0.15) is 11.5 Å². The fraction of sp³-hybridized carbons (Fsp3) is 0.0370. The first-order valence-electron chi connectivity index (χ1n) is 19.9. The van der Waals surface area contributed by atoms with Gasteiger partial charge in [-0.3, -0.25) is 0 Å². The normalized spacial score (nSPS) is 15.8. The Morgan fingerprint density at radius 3 is 1.72 bits per heavy atom. The van der Waals surface area contributed by atoms with Crippen molar-refractivity contribution in [2.45, 2.75) is 12.0 Å². The summed E-state index contributed by atoms with van der Waals surface area (Å²) in [4.78, 5) is 5.04. The van der Waals surface area contributed by atoms with Gasteiger partial charge in [0.05, 0.1) is 17.4 Å². The van der Waals surface area contributed by atoms with Crippen molar-refractivity contribution in [3.63, 3.8) is 0 Å². The first-order valence-corrected chi connectivity index (χ1v) is 21.6. The fourth-order valence-electron chi connectivity index (χ4n) is 9.46. The molecule has 10 aromatic rings. The van der Waals surface area contributed by atoms with Crippen LogP contribution in [0.15, 0.2) is 206 Å². The van der Waals surface area contributed by atoms with Gasteiger partial charge in [0.1, 0.15) is 0 Å². The van der Waals surface area contributed by atoms with Gasteiger partial charge in [-0.05, 0) is 89.0 Å². The lowest BCUT2D eigenvalue weighted by molar-refractivity contribution is 0.745. The first-order chi connectivity index (χ1) is 28.8. The van der Waals surface area contributed by atoms with Crippen LogP contribution in [0.4, 0.5) is 28.4 Å². The van der Waals surface area contributed by atoms with E-state index in [0.29, 0.717) is 5.92 Å². The Kier molecular flexibility index (Phi) is 7.75. The molecule has 0 radical (unpaired) electrons. The largest absolute Gasteiger partial charge is 0.333 e. The molecule has 2 aliphatic rings. The smallest absolute Gasteiger partial charge is 0.0629 e. The van der Waals surface area contributed by atoms with Crippen molar-refractivity contribution in [1.82, 2.24) is 0 Å². The van der Waals surface area contributed by atoms with Crippen LogP contribution in [0.25, 0.3) is 62.6 Å². The Balaban J connectivity index is 0.981. The molecule has 2 nitrogen and oxygen atoms in total. The number of hydrogen-bond acceptors (Lipinski definition) is 4. The Morgan fingerprint density at radius 2 is 1.00 bits per heavy atom. The van der Waals surface area contributed by atoms with Gasteiger partial charge in [-0.2, -0.15) is 0 Å². The number of anilines is 5. The maximum absolute atomic E-state index is 2.54. The Labute approximate surface area is 345 Å². The van der Waals surface area contributed by atoms with Crippen molar-refractivity contribution < 1.29 is 0 Å². The standard InChI is InChI=1S/C54H36N2S2/c1-6-21-44(56-45-22-7-2-17-40(45)41-18-3-8-23-46(41)56)39(16-1)37-15-11-14-36(34-37)35-30-32-38(33-31-35)55(47-24-12-28-51-53(47)42-19-4-9-26-49(42)57-51)48-25-13-29-52-54(48)43-20-5-10-27-50(43)58-52/h1-34,40,45H. The minimum Gasteiger partial charge on any atom is -0.333 e. The second-order valence-corrected chi connectivity index (χ2v) is 17.4. The van der Waals surface area contributed by atoms with Gasteiger partial charge in [0.15, 0.2) is 0 Å². The van der Waals surface area contributed by atoms with E-state index in [4.69, 9.17) is 0 Å². The van der Waals surface area contributed by atoms with Crippen molar-refractivity contribution >= 4 is 91.5 Å². The third-order valence-electron chi connectivity index (χ3n) is 12.0. The van der Waals surface area contributed by atoms with Crippen LogP contribution in [0.3, 0.4) is 0 Å². The van der Waals surface area contributed by atoms with E-state index < -0.39 is 0 Å². The number of benzene rings is 8. The highest BCUT2D eigenvalue weighted by molar-refractivity contribution is 7.26. The van der Waals surface area contributed by atoms with Crippen molar-refractivity contribution in [1.29, 1.82) is 0 Å². The van der Waals surface area contributed by atoms with Crippen LogP contribution >= 0.6 is 22.7 Å². The summed E-state index contributed by atoms with van der Waals surface area (Å²) in [5.74, 6) is 0.342. The molecule has 0 N–H and O–H groups in total. The Hall–Kier alpha value is -6.72. The van der Waals surface area contributed by atoms with Crippen LogP contribution in [0.2, 0.25) is 0 Å². The van der Waals surface area contributed by atoms with Gasteiger partial charge in [0.25, 0.3) is 0 Å². The van der Waals surface area contributed by atoms with Crippen LogP contribution in [-0.2, 0) is 0 Å². The van der Waals surface area contributed by atoms with E-state index >= 15 is 0 Å². The molecule has 2 aromatic heterocycles. The number of thiophene rings is 2. The molecule has 58 heavy (non-hydrogen) atoms. The van der Waals surface area contributed by atoms with Gasteiger partial charge in [0, 0.05) is 68.9 Å². The second-order valence-electron chi connectivity index (χ2n) is 15.2. The molecule has 0 amide bonds. The highest BCUT2D eigenvalue weighted by Crippen LogP contribution is 2.51. The molecule has 4 heteroatoms. The summed E-state index contributed by atoms with van der Waals surface area (Å²) in [6, 6.07) is 67.5. The SMILES string of the molecule is C1=CC2c3ccccc3N(c3ccccc3-c3cccc(-c4ccc(N(c5cccc6sc7ccccc7c56)c5cccc6sc7ccccc7c56)cc4)c3)C2C=C1. The van der Waals surface area contributed by atoms with Crippen LogP contribution in [-0.4, -0.2) is 6.04 Å². The van der Waals surface area contributed by atoms with E-state index in [9.17, 15) is 0 Å². The zero-order valence-electron chi connectivity index (χ0n) is 31.5. The molecule has 0 bridgehead atoms. The molecule has 3 heterocycles. The van der Waals surface area contributed by atoms with Crippen molar-refractivity contribution in [3.8, 4) is 22.3 Å². The number of nitrogens with zero attached hydrogens (tertiary/aromatic N) is 2. The minimum atomic E-state index is 0.248. The lowest BCUT2D eigenvalue weighted by atomic mass is 9.91. The van der Waals surface area contributed by atoms with E-state index in [1.807, 2.05) is 22.7 Å². The molecule has 2 unspecified atom stereocenters. The molecular weight excluding hydrogens is 741 g/mol. The monoisotopic (exact) mass is 776 g/mol. The molecule has 1 aliphatic heterocycles. The number of para-hydroxylation sites is 2. The van der Waals surface area contributed by atoms with Crippen LogP contribution in [0.5, 0.6) is 0 Å². The molecular formula is C54H36N2S2. The molecule has 0 saturated carbocycles. The summed E-state index contributed by atoms with van der Waals surface area (Å²) in [6.45, 7) is 0. The maximum atomic E-state index is 2.54. The number of rotatable bonds is 6. The molecule has 8 aromatic carbocycles. The third-order valence-corrected chi connectivity index (χ3v) is 14.3. The zero-order chi connectivity index (χ0) is 38.2. The molecule has 0 spiro atoms. The lowest BCUT2D eigenvalue weighted by Gasteiger charge is -2.30. The average molecular weight is 777 g/mol. The fourth-order valence-corrected chi connectivity index (χ4v) is 11.7. The highest BCUT2D eigenvalue weighted by Gasteiger charge is 2.37. The van der Waals surface area contributed by atoms with Gasteiger partial charge in [-0.15, -0.1) is 22.7 Å². The summed E-state index contributed by atoms with van der Waals surface area (Å²) in [6.07, 6.45) is 9.09. The topological polar surface area (TPSA) is 6.48 Å². The predicted octanol–water partition coefficient (Wildman–Crippen LogP) is 16.0. The maximum Gasteiger partial charge on any atom is 0.0629 e. The highest BCUT2D eigenvalue weighted by atomic mass is 32.1. The molecule has 1 aliphatic carbocycles. The lowest BCUT2D eigenvalue weighted by Crippen LogP contribution is -2.28. The van der Waals surface area contributed by atoms with Gasteiger partial charge >= 0.3 is 0 Å².